The number of aromatic carboxylic acids is 1. The van der Waals surface area contributed by atoms with Gasteiger partial charge in [0, 0.05) is 42.0 Å². The molecule has 0 amide bonds. The highest BCUT2D eigenvalue weighted by molar-refractivity contribution is 6.31. The number of benzene rings is 1. The van der Waals surface area contributed by atoms with Crippen LogP contribution < -0.4 is 10.3 Å². The Morgan fingerprint density at radius 2 is 1.71 bits per heavy atom. The van der Waals surface area contributed by atoms with Gasteiger partial charge in [-0.2, -0.15) is 26.3 Å². The number of pyridine rings is 2. The minimum atomic E-state index is -5.27. The monoisotopic (exact) mass is 584 g/mol. The molecular weight excluding hydrogens is 569 g/mol. The number of alkyl halides is 6. The fourth-order valence-corrected chi connectivity index (χ4v) is 4.29. The van der Waals surface area contributed by atoms with E-state index in [0.29, 0.717) is 18.3 Å². The number of hydrogen-bond donors (Lipinski definition) is 2. The van der Waals surface area contributed by atoms with E-state index < -0.39 is 63.0 Å². The van der Waals surface area contributed by atoms with Crippen LogP contribution in [0.15, 0.2) is 47.5 Å². The van der Waals surface area contributed by atoms with Gasteiger partial charge in [0.25, 0.3) is 5.56 Å². The number of rotatable bonds is 6. The van der Waals surface area contributed by atoms with Gasteiger partial charge in [-0.05, 0) is 23.8 Å². The summed E-state index contributed by atoms with van der Waals surface area (Å²) >= 11 is 11.9. The summed E-state index contributed by atoms with van der Waals surface area (Å²) < 4.78 is 88.4. The van der Waals surface area contributed by atoms with Gasteiger partial charge in [-0.15, -0.1) is 0 Å². The number of carbonyl (C=O) groups is 1. The van der Waals surface area contributed by atoms with Gasteiger partial charge in [0.05, 0.1) is 11.1 Å². The molecule has 0 aliphatic rings. The van der Waals surface area contributed by atoms with Crippen molar-refractivity contribution in [2.45, 2.75) is 30.8 Å². The van der Waals surface area contributed by atoms with Crippen LogP contribution >= 0.6 is 23.2 Å². The molecule has 3 rings (SSSR count). The van der Waals surface area contributed by atoms with E-state index in [0.717, 1.165) is 42.9 Å². The van der Waals surface area contributed by atoms with Crippen molar-refractivity contribution in [2.24, 2.45) is 7.05 Å². The number of halogens is 8. The minimum Gasteiger partial charge on any atom is -0.478 e. The molecule has 3 aromatic rings. The van der Waals surface area contributed by atoms with Crippen LogP contribution in [-0.4, -0.2) is 31.9 Å². The number of ether oxygens (including phenoxy) is 1. The van der Waals surface area contributed by atoms with Crippen LogP contribution in [0.3, 0.4) is 0 Å². The Hall–Kier alpha value is -3.29. The third-order valence-corrected chi connectivity index (χ3v) is 6.31. The minimum absolute atomic E-state index is 0.228. The number of carboxylic acids is 1. The number of nitrogens with zero attached hydrogens (tertiary/aromatic N) is 2. The summed E-state index contributed by atoms with van der Waals surface area (Å²) in [6, 6.07) is 4.16. The quantitative estimate of drug-likeness (QED) is 0.337. The molecule has 0 fully saturated rings. The summed E-state index contributed by atoms with van der Waals surface area (Å²) in [5.74, 6) is -4.54. The second-order valence-electron chi connectivity index (χ2n) is 8.14. The van der Waals surface area contributed by atoms with Crippen molar-refractivity contribution in [3.05, 3.63) is 85.4 Å². The molecule has 2 N–H and O–H groups in total. The zero-order valence-corrected chi connectivity index (χ0v) is 20.7. The number of aliphatic hydroxyl groups is 1. The summed E-state index contributed by atoms with van der Waals surface area (Å²) in [6.45, 7) is 1.02. The van der Waals surface area contributed by atoms with E-state index in [4.69, 9.17) is 33.0 Å². The SMILES string of the molecule is C[C@@H](c1ccc(Oc2cc(C(F)(F)F)c(C(=O)O)cn2)cc1Cl)[C@](O)(c1cc(Cl)c(=O)n(C)c1)C(F)(F)F. The average Bonchev–Trinajstić information content (AvgIpc) is 2.80. The van der Waals surface area contributed by atoms with E-state index in [-0.39, 0.29) is 16.3 Å². The second-order valence-corrected chi connectivity index (χ2v) is 8.95. The van der Waals surface area contributed by atoms with Crippen molar-refractivity contribution < 1.29 is 46.1 Å². The van der Waals surface area contributed by atoms with Crippen LogP contribution in [0, 0.1) is 0 Å². The first kappa shape index (κ1) is 29.3. The maximum absolute atomic E-state index is 14.2. The van der Waals surface area contributed by atoms with E-state index in [1.807, 2.05) is 0 Å². The van der Waals surface area contributed by atoms with Gasteiger partial charge in [-0.1, -0.05) is 36.2 Å². The van der Waals surface area contributed by atoms with Crippen molar-refractivity contribution in [3.63, 3.8) is 0 Å². The highest BCUT2D eigenvalue weighted by Gasteiger charge is 2.59. The molecule has 7 nitrogen and oxygen atoms in total. The van der Waals surface area contributed by atoms with Crippen molar-refractivity contribution in [1.82, 2.24) is 9.55 Å². The summed E-state index contributed by atoms with van der Waals surface area (Å²) in [6.07, 6.45) is -9.08. The lowest BCUT2D eigenvalue weighted by molar-refractivity contribution is -0.274. The maximum Gasteiger partial charge on any atom is 0.422 e. The first-order valence-electron chi connectivity index (χ1n) is 10.3. The first-order valence-corrected chi connectivity index (χ1v) is 11.1. The van der Waals surface area contributed by atoms with Gasteiger partial charge in [0.15, 0.2) is 5.60 Å². The predicted molar refractivity (Wildman–Crippen MR) is 123 cm³/mol. The molecule has 0 bridgehead atoms. The van der Waals surface area contributed by atoms with Crippen LogP contribution in [0.2, 0.25) is 10.0 Å². The van der Waals surface area contributed by atoms with E-state index in [1.54, 1.807) is 0 Å². The Balaban J connectivity index is 2.02. The second kappa shape index (κ2) is 10.1. The number of carboxylic acid groups (broad SMARTS) is 1. The summed E-state index contributed by atoms with van der Waals surface area (Å²) in [5.41, 5.74) is -7.96. The first-order chi connectivity index (χ1) is 17.4. The molecule has 0 unspecified atom stereocenters. The van der Waals surface area contributed by atoms with E-state index in [9.17, 15) is 41.0 Å². The molecule has 204 valence electrons. The Bertz CT molecular complexity index is 1430. The van der Waals surface area contributed by atoms with Crippen LogP contribution in [0.4, 0.5) is 26.3 Å². The largest absolute Gasteiger partial charge is 0.478 e. The lowest BCUT2D eigenvalue weighted by Gasteiger charge is -2.37. The van der Waals surface area contributed by atoms with Gasteiger partial charge in [-0.3, -0.25) is 4.79 Å². The maximum atomic E-state index is 14.2. The molecular formula is C23H16Cl2F6N2O5. The highest BCUT2D eigenvalue weighted by atomic mass is 35.5. The summed E-state index contributed by atoms with van der Waals surface area (Å²) in [4.78, 5) is 26.4. The predicted octanol–water partition coefficient (Wildman–Crippen LogP) is 6.15. The third kappa shape index (κ3) is 5.45. The van der Waals surface area contributed by atoms with E-state index in [1.165, 1.54) is 0 Å². The zero-order chi connectivity index (χ0) is 28.8. The standard InChI is InChI=1S/C23H16Cl2F6N2O5/c1-10(21(37,23(29,30)31)11-5-17(25)19(34)33(2)9-11)13-4-3-12(6-16(13)24)38-18-7-15(22(26,27)28)14(8-32-18)20(35)36/h3-10,37H,1-2H3,(H,35,36)/t10-,21-/m0/s1. The zero-order valence-electron chi connectivity index (χ0n) is 19.2. The van der Waals surface area contributed by atoms with Gasteiger partial charge >= 0.3 is 18.3 Å². The molecule has 15 heteroatoms. The van der Waals surface area contributed by atoms with Crippen LogP contribution in [0.1, 0.15) is 39.9 Å². The third-order valence-electron chi connectivity index (χ3n) is 5.71. The normalized spacial score (nSPS) is 14.6. The van der Waals surface area contributed by atoms with Crippen molar-refractivity contribution in [2.75, 3.05) is 0 Å². The molecule has 2 aromatic heterocycles. The highest BCUT2D eigenvalue weighted by Crippen LogP contribution is 2.50. The van der Waals surface area contributed by atoms with Crippen molar-refractivity contribution in [3.8, 4) is 11.6 Å². The summed E-state index contributed by atoms with van der Waals surface area (Å²) in [7, 11) is 1.15. The molecule has 1 aromatic carbocycles. The smallest absolute Gasteiger partial charge is 0.422 e. The molecule has 0 saturated carbocycles. The van der Waals surface area contributed by atoms with Crippen LogP contribution in [0.25, 0.3) is 0 Å². The van der Waals surface area contributed by atoms with E-state index in [2.05, 4.69) is 4.98 Å². The average molecular weight is 585 g/mol. The lowest BCUT2D eigenvalue weighted by Crippen LogP contribution is -2.47. The lowest BCUT2D eigenvalue weighted by atomic mass is 9.78. The van der Waals surface area contributed by atoms with E-state index >= 15 is 0 Å². The van der Waals surface area contributed by atoms with Crippen molar-refractivity contribution >= 4 is 29.2 Å². The molecule has 38 heavy (non-hydrogen) atoms. The Labute approximate surface area is 219 Å². The fraction of sp³-hybridized carbons (Fsp3) is 0.261. The van der Waals surface area contributed by atoms with Gasteiger partial charge in [0.1, 0.15) is 10.8 Å². The molecule has 0 radical (unpaired) electrons. The topological polar surface area (TPSA) is 102 Å². The molecule has 0 spiro atoms. The molecule has 0 aliphatic carbocycles. The molecule has 0 saturated heterocycles. The number of aryl methyl sites for hydroxylation is 1. The molecule has 2 atom stereocenters. The number of hydrogen-bond acceptors (Lipinski definition) is 5. The van der Waals surface area contributed by atoms with Gasteiger partial charge in [0.2, 0.25) is 5.88 Å². The molecule has 2 heterocycles. The van der Waals surface area contributed by atoms with Crippen LogP contribution in [-0.2, 0) is 18.8 Å². The molecule has 0 aliphatic heterocycles. The van der Waals surface area contributed by atoms with Gasteiger partial charge in [-0.25, -0.2) is 9.78 Å². The van der Waals surface area contributed by atoms with Crippen LogP contribution in [0.5, 0.6) is 11.6 Å². The van der Waals surface area contributed by atoms with Crippen molar-refractivity contribution in [1.29, 1.82) is 0 Å². The van der Waals surface area contributed by atoms with Gasteiger partial charge < -0.3 is 19.5 Å². The number of aromatic nitrogens is 2. The Kier molecular flexibility index (Phi) is 7.79. The fourth-order valence-electron chi connectivity index (χ4n) is 3.70. The Morgan fingerprint density at radius 3 is 2.21 bits per heavy atom. The summed E-state index contributed by atoms with van der Waals surface area (Å²) in [5, 5.41) is 19.0. The Morgan fingerprint density at radius 1 is 1.08 bits per heavy atom.